The molecule has 0 atom stereocenters. The van der Waals surface area contributed by atoms with Crippen molar-refractivity contribution in [3.8, 4) is 0 Å². The Bertz CT molecular complexity index is 907. The molecule has 0 saturated heterocycles. The van der Waals surface area contributed by atoms with Gasteiger partial charge in [-0.1, -0.05) is 17.7 Å². The lowest BCUT2D eigenvalue weighted by Gasteiger charge is -2.08. The molecule has 0 unspecified atom stereocenters. The van der Waals surface area contributed by atoms with Gasteiger partial charge in [-0.25, -0.2) is 4.98 Å². The summed E-state index contributed by atoms with van der Waals surface area (Å²) in [4.78, 5) is 20.9. The summed E-state index contributed by atoms with van der Waals surface area (Å²) in [6, 6.07) is 6.23. The second kappa shape index (κ2) is 5.29. The van der Waals surface area contributed by atoms with Gasteiger partial charge in [0.1, 0.15) is 5.82 Å². The fraction of sp³-hybridized carbons (Fsp3) is 0.312. The Kier molecular flexibility index (Phi) is 3.44. The third-order valence-electron chi connectivity index (χ3n) is 3.84. The van der Waals surface area contributed by atoms with Crippen LogP contribution in [-0.4, -0.2) is 19.6 Å². The van der Waals surface area contributed by atoms with E-state index in [0.29, 0.717) is 29.4 Å². The van der Waals surface area contributed by atoms with Crippen molar-refractivity contribution in [1.82, 2.24) is 19.6 Å². The minimum Gasteiger partial charge on any atom is -0.378 e. The van der Waals surface area contributed by atoms with Crippen LogP contribution >= 0.6 is 0 Å². The number of nitrogens with zero attached hydrogens (tertiary/aromatic N) is 3. The van der Waals surface area contributed by atoms with E-state index in [1.165, 1.54) is 15.6 Å². The van der Waals surface area contributed by atoms with Gasteiger partial charge in [0.2, 0.25) is 0 Å². The van der Waals surface area contributed by atoms with Crippen molar-refractivity contribution in [3.63, 3.8) is 0 Å². The first-order chi connectivity index (χ1) is 10.5. The maximum Gasteiger partial charge on any atom is 0.277 e. The van der Waals surface area contributed by atoms with Gasteiger partial charge in [-0.05, 0) is 39.3 Å². The Morgan fingerprint density at radius 2 is 1.95 bits per heavy atom. The van der Waals surface area contributed by atoms with Crippen LogP contribution in [0.4, 0.5) is 5.69 Å². The van der Waals surface area contributed by atoms with Crippen LogP contribution in [0.25, 0.3) is 5.78 Å². The van der Waals surface area contributed by atoms with E-state index in [-0.39, 0.29) is 5.56 Å². The molecular weight excluding hydrogens is 278 g/mol. The van der Waals surface area contributed by atoms with Crippen LogP contribution in [0.2, 0.25) is 0 Å². The molecule has 0 bridgehead atoms. The van der Waals surface area contributed by atoms with Gasteiger partial charge in [0, 0.05) is 16.9 Å². The maximum absolute atomic E-state index is 12.2. The van der Waals surface area contributed by atoms with Gasteiger partial charge in [0.15, 0.2) is 0 Å². The number of hydrogen-bond acceptors (Lipinski definition) is 4. The Morgan fingerprint density at radius 3 is 2.68 bits per heavy atom. The Morgan fingerprint density at radius 1 is 1.18 bits per heavy atom. The number of rotatable bonds is 3. The van der Waals surface area contributed by atoms with Crippen molar-refractivity contribution < 1.29 is 0 Å². The van der Waals surface area contributed by atoms with Crippen molar-refractivity contribution >= 4 is 11.5 Å². The van der Waals surface area contributed by atoms with Crippen molar-refractivity contribution in [2.24, 2.45) is 0 Å². The monoisotopic (exact) mass is 297 g/mol. The molecule has 3 rings (SSSR count). The molecule has 0 spiro atoms. The van der Waals surface area contributed by atoms with Gasteiger partial charge >= 0.3 is 0 Å². The number of fused-ring (bicyclic) bond motifs is 1. The Balaban J connectivity index is 1.88. The smallest absolute Gasteiger partial charge is 0.277 e. The largest absolute Gasteiger partial charge is 0.378 e. The Labute approximate surface area is 128 Å². The van der Waals surface area contributed by atoms with E-state index < -0.39 is 0 Å². The molecule has 0 radical (unpaired) electrons. The standard InChI is InChI=1S/C16H19N5O/c1-9-5-6-13(10(2)7-9)17-8-14-19-16-18-12(4)11(3)15(22)21(16)20-14/h5-7,17H,8H2,1-4H3,(H,18,19,20). The molecule has 0 aliphatic carbocycles. The normalized spacial score (nSPS) is 11.1. The maximum atomic E-state index is 12.2. The summed E-state index contributed by atoms with van der Waals surface area (Å²) in [5.41, 5.74) is 4.71. The molecule has 22 heavy (non-hydrogen) atoms. The van der Waals surface area contributed by atoms with Gasteiger partial charge in [0.05, 0.1) is 6.54 Å². The molecule has 2 aromatic heterocycles. The number of nitrogens with one attached hydrogen (secondary N) is 2. The predicted molar refractivity (Wildman–Crippen MR) is 86.3 cm³/mol. The molecule has 3 aromatic rings. The van der Waals surface area contributed by atoms with Crippen LogP contribution in [-0.2, 0) is 6.54 Å². The van der Waals surface area contributed by atoms with E-state index in [4.69, 9.17) is 0 Å². The first-order valence-electron chi connectivity index (χ1n) is 7.21. The zero-order valence-electron chi connectivity index (χ0n) is 13.2. The minimum atomic E-state index is -0.104. The molecule has 0 aliphatic heterocycles. The highest BCUT2D eigenvalue weighted by Crippen LogP contribution is 2.16. The first-order valence-corrected chi connectivity index (χ1v) is 7.21. The molecule has 6 heteroatoms. The Hall–Kier alpha value is -2.63. The zero-order valence-corrected chi connectivity index (χ0v) is 13.2. The lowest BCUT2D eigenvalue weighted by molar-refractivity contribution is 0.841. The summed E-state index contributed by atoms with van der Waals surface area (Å²) < 4.78 is 1.39. The van der Waals surface area contributed by atoms with Crippen LogP contribution < -0.4 is 10.9 Å². The number of aromatic amines is 1. The van der Waals surface area contributed by atoms with E-state index in [1.54, 1.807) is 6.92 Å². The quantitative estimate of drug-likeness (QED) is 0.777. The molecule has 0 fully saturated rings. The van der Waals surface area contributed by atoms with Crippen molar-refractivity contribution in [3.05, 3.63) is 56.8 Å². The number of H-pyrrole nitrogens is 1. The summed E-state index contributed by atoms with van der Waals surface area (Å²) in [5, 5.41) is 6.33. The molecule has 2 N–H and O–H groups in total. The molecule has 2 heterocycles. The lowest BCUT2D eigenvalue weighted by atomic mass is 10.1. The van der Waals surface area contributed by atoms with Crippen LogP contribution in [0.3, 0.4) is 0 Å². The summed E-state index contributed by atoms with van der Waals surface area (Å²) in [6.07, 6.45) is 0. The second-order valence-corrected chi connectivity index (χ2v) is 5.61. The lowest BCUT2D eigenvalue weighted by Crippen LogP contribution is -2.19. The van der Waals surface area contributed by atoms with E-state index in [2.05, 4.69) is 46.4 Å². The fourth-order valence-corrected chi connectivity index (χ4v) is 2.42. The molecule has 6 nitrogen and oxygen atoms in total. The van der Waals surface area contributed by atoms with Crippen molar-refractivity contribution in [2.75, 3.05) is 5.32 Å². The minimum absolute atomic E-state index is 0.104. The van der Waals surface area contributed by atoms with Crippen LogP contribution in [0.5, 0.6) is 0 Å². The van der Waals surface area contributed by atoms with E-state index >= 15 is 0 Å². The van der Waals surface area contributed by atoms with Gasteiger partial charge in [-0.15, -0.1) is 0 Å². The highest BCUT2D eigenvalue weighted by atomic mass is 16.1. The summed E-state index contributed by atoms with van der Waals surface area (Å²) >= 11 is 0. The second-order valence-electron chi connectivity index (χ2n) is 5.61. The summed E-state index contributed by atoms with van der Waals surface area (Å²) in [7, 11) is 0. The summed E-state index contributed by atoms with van der Waals surface area (Å²) in [6.45, 7) is 8.22. The first kappa shape index (κ1) is 14.3. The number of benzene rings is 1. The SMILES string of the molecule is Cc1ccc(NCc2nc3nc(C)c(C)c(=O)n3[nH]2)c(C)c1. The molecule has 0 amide bonds. The van der Waals surface area contributed by atoms with Crippen molar-refractivity contribution in [2.45, 2.75) is 34.2 Å². The summed E-state index contributed by atoms with van der Waals surface area (Å²) in [5.74, 6) is 1.08. The average Bonchev–Trinajstić information content (AvgIpc) is 2.87. The third-order valence-corrected chi connectivity index (χ3v) is 3.84. The highest BCUT2D eigenvalue weighted by molar-refractivity contribution is 5.52. The van der Waals surface area contributed by atoms with Crippen LogP contribution in [0.15, 0.2) is 23.0 Å². The number of aromatic nitrogens is 4. The average molecular weight is 297 g/mol. The topological polar surface area (TPSA) is 75.1 Å². The zero-order chi connectivity index (χ0) is 15.9. The highest BCUT2D eigenvalue weighted by Gasteiger charge is 2.10. The van der Waals surface area contributed by atoms with Gasteiger partial charge < -0.3 is 5.32 Å². The van der Waals surface area contributed by atoms with Gasteiger partial charge in [-0.3, -0.25) is 9.89 Å². The number of hydrogen-bond donors (Lipinski definition) is 2. The predicted octanol–water partition coefficient (Wildman–Crippen LogP) is 2.26. The molecular formula is C16H19N5O. The molecule has 114 valence electrons. The van der Waals surface area contributed by atoms with Gasteiger partial charge in [-0.2, -0.15) is 9.50 Å². The van der Waals surface area contributed by atoms with E-state index in [0.717, 1.165) is 5.69 Å². The van der Waals surface area contributed by atoms with Gasteiger partial charge in [0.25, 0.3) is 11.3 Å². The molecule has 0 saturated carbocycles. The van der Waals surface area contributed by atoms with Crippen LogP contribution in [0, 0.1) is 27.7 Å². The number of anilines is 1. The molecule has 1 aromatic carbocycles. The van der Waals surface area contributed by atoms with Crippen LogP contribution in [0.1, 0.15) is 28.2 Å². The third kappa shape index (κ3) is 2.47. The van der Waals surface area contributed by atoms with E-state index in [9.17, 15) is 4.79 Å². The number of aryl methyl sites for hydroxylation is 3. The van der Waals surface area contributed by atoms with Crippen molar-refractivity contribution in [1.29, 1.82) is 0 Å². The van der Waals surface area contributed by atoms with E-state index in [1.807, 2.05) is 13.0 Å². The molecule has 0 aliphatic rings. The fourth-order valence-electron chi connectivity index (χ4n) is 2.42.